The molecule has 27 heavy (non-hydrogen) atoms. The highest BCUT2D eigenvalue weighted by Gasteiger charge is 2.20. The standard InChI is InChI=1S/C19H18ClN3O4/c20-14-3-1-13(19(25)23-7-5-21-6-8-23)9-15(14)22-18(24)12-2-4-16-17(10-12)27-11-26-16/h1-4,9-10,21H,5-8,11H2,(H,22,24). The highest BCUT2D eigenvalue weighted by Crippen LogP contribution is 2.33. The van der Waals surface area contributed by atoms with Crippen molar-refractivity contribution in [1.82, 2.24) is 10.2 Å². The normalized spacial score (nSPS) is 15.5. The van der Waals surface area contributed by atoms with Gasteiger partial charge < -0.3 is 25.0 Å². The molecule has 0 atom stereocenters. The van der Waals surface area contributed by atoms with Crippen molar-refractivity contribution in [2.24, 2.45) is 0 Å². The lowest BCUT2D eigenvalue weighted by atomic mass is 10.1. The van der Waals surface area contributed by atoms with Crippen molar-refractivity contribution >= 4 is 29.1 Å². The van der Waals surface area contributed by atoms with Crippen LogP contribution in [0.3, 0.4) is 0 Å². The quantitative estimate of drug-likeness (QED) is 0.845. The van der Waals surface area contributed by atoms with Gasteiger partial charge in [-0.2, -0.15) is 0 Å². The first-order valence-corrected chi connectivity index (χ1v) is 9.00. The molecule has 0 unspecified atom stereocenters. The number of fused-ring (bicyclic) bond motifs is 1. The van der Waals surface area contributed by atoms with Crippen molar-refractivity contribution in [3.05, 3.63) is 52.5 Å². The van der Waals surface area contributed by atoms with E-state index in [1.807, 2.05) is 0 Å². The van der Waals surface area contributed by atoms with Crippen LogP contribution in [0.15, 0.2) is 36.4 Å². The molecule has 2 aliphatic heterocycles. The zero-order chi connectivity index (χ0) is 18.8. The SMILES string of the molecule is O=C(Nc1cc(C(=O)N2CCNCC2)ccc1Cl)c1ccc2c(c1)OCO2. The van der Waals surface area contributed by atoms with Gasteiger partial charge in [0.2, 0.25) is 6.79 Å². The second-order valence-corrected chi connectivity index (χ2v) is 6.67. The van der Waals surface area contributed by atoms with E-state index in [1.165, 1.54) is 0 Å². The van der Waals surface area contributed by atoms with Gasteiger partial charge in [-0.1, -0.05) is 11.6 Å². The van der Waals surface area contributed by atoms with Crippen LogP contribution < -0.4 is 20.1 Å². The van der Waals surface area contributed by atoms with Crippen LogP contribution in [0.1, 0.15) is 20.7 Å². The number of benzene rings is 2. The second-order valence-electron chi connectivity index (χ2n) is 6.26. The molecule has 1 saturated heterocycles. The zero-order valence-corrected chi connectivity index (χ0v) is 15.2. The molecular weight excluding hydrogens is 370 g/mol. The van der Waals surface area contributed by atoms with Crippen LogP contribution in [0.25, 0.3) is 0 Å². The Morgan fingerprint density at radius 1 is 1.00 bits per heavy atom. The summed E-state index contributed by atoms with van der Waals surface area (Å²) >= 11 is 6.22. The van der Waals surface area contributed by atoms with Gasteiger partial charge in [0.25, 0.3) is 11.8 Å². The van der Waals surface area contributed by atoms with Crippen LogP contribution in [0.5, 0.6) is 11.5 Å². The van der Waals surface area contributed by atoms with Crippen molar-refractivity contribution in [2.75, 3.05) is 38.3 Å². The molecule has 0 saturated carbocycles. The fourth-order valence-corrected chi connectivity index (χ4v) is 3.20. The van der Waals surface area contributed by atoms with Crippen LogP contribution >= 0.6 is 11.6 Å². The summed E-state index contributed by atoms with van der Waals surface area (Å²) in [4.78, 5) is 27.0. The van der Waals surface area contributed by atoms with E-state index in [2.05, 4.69) is 10.6 Å². The van der Waals surface area contributed by atoms with Gasteiger partial charge in [0, 0.05) is 37.3 Å². The van der Waals surface area contributed by atoms with Gasteiger partial charge in [0.05, 0.1) is 10.7 Å². The maximum atomic E-state index is 12.7. The molecular formula is C19H18ClN3O4. The Kier molecular flexibility index (Phi) is 4.87. The highest BCUT2D eigenvalue weighted by atomic mass is 35.5. The molecule has 1 fully saturated rings. The van der Waals surface area contributed by atoms with E-state index in [1.54, 1.807) is 41.3 Å². The first-order chi connectivity index (χ1) is 13.1. The Hall–Kier alpha value is -2.77. The number of piperazine rings is 1. The van der Waals surface area contributed by atoms with E-state index in [4.69, 9.17) is 21.1 Å². The van der Waals surface area contributed by atoms with Crippen molar-refractivity contribution in [2.45, 2.75) is 0 Å². The topological polar surface area (TPSA) is 79.9 Å². The molecule has 2 aliphatic rings. The second kappa shape index (κ2) is 7.46. The third-order valence-corrected chi connectivity index (χ3v) is 4.83. The largest absolute Gasteiger partial charge is 0.454 e. The molecule has 2 aromatic rings. The number of hydrogen-bond acceptors (Lipinski definition) is 5. The number of anilines is 1. The molecule has 2 N–H and O–H groups in total. The van der Waals surface area contributed by atoms with Crippen molar-refractivity contribution < 1.29 is 19.1 Å². The number of amides is 2. The van der Waals surface area contributed by atoms with E-state index < -0.39 is 0 Å². The summed E-state index contributed by atoms with van der Waals surface area (Å²) in [6, 6.07) is 9.84. The van der Waals surface area contributed by atoms with E-state index in [0.717, 1.165) is 13.1 Å². The lowest BCUT2D eigenvalue weighted by molar-refractivity contribution is 0.0735. The molecule has 2 heterocycles. The van der Waals surface area contributed by atoms with Crippen LogP contribution in [0, 0.1) is 0 Å². The minimum absolute atomic E-state index is 0.0771. The van der Waals surface area contributed by atoms with Gasteiger partial charge in [-0.15, -0.1) is 0 Å². The average Bonchev–Trinajstić information content (AvgIpc) is 3.17. The van der Waals surface area contributed by atoms with E-state index in [9.17, 15) is 9.59 Å². The van der Waals surface area contributed by atoms with Gasteiger partial charge in [-0.05, 0) is 36.4 Å². The number of halogens is 1. The lowest BCUT2D eigenvalue weighted by Gasteiger charge is -2.27. The Morgan fingerprint density at radius 3 is 2.56 bits per heavy atom. The number of nitrogens with one attached hydrogen (secondary N) is 2. The molecule has 7 nitrogen and oxygen atoms in total. The summed E-state index contributed by atoms with van der Waals surface area (Å²) in [6.07, 6.45) is 0. The number of hydrogen-bond donors (Lipinski definition) is 2. The number of rotatable bonds is 3. The summed E-state index contributed by atoms with van der Waals surface area (Å²) in [6.45, 7) is 2.99. The minimum atomic E-state index is -0.345. The van der Waals surface area contributed by atoms with E-state index in [0.29, 0.717) is 46.4 Å². The highest BCUT2D eigenvalue weighted by molar-refractivity contribution is 6.34. The molecule has 0 radical (unpaired) electrons. The van der Waals surface area contributed by atoms with Gasteiger partial charge in [0.15, 0.2) is 11.5 Å². The van der Waals surface area contributed by atoms with Crippen LogP contribution in [0.4, 0.5) is 5.69 Å². The molecule has 8 heteroatoms. The molecule has 140 valence electrons. The number of carbonyl (C=O) groups is 2. The summed E-state index contributed by atoms with van der Waals surface area (Å²) in [5.74, 6) is 0.707. The van der Waals surface area contributed by atoms with Crippen LogP contribution in [0.2, 0.25) is 5.02 Å². The summed E-state index contributed by atoms with van der Waals surface area (Å²) in [5, 5.41) is 6.34. The van der Waals surface area contributed by atoms with E-state index >= 15 is 0 Å². The maximum Gasteiger partial charge on any atom is 0.255 e. The fraction of sp³-hybridized carbons (Fsp3) is 0.263. The Labute approximate surface area is 161 Å². The lowest BCUT2D eigenvalue weighted by Crippen LogP contribution is -2.46. The first-order valence-electron chi connectivity index (χ1n) is 8.62. The Morgan fingerprint density at radius 2 is 1.74 bits per heavy atom. The fourth-order valence-electron chi connectivity index (χ4n) is 3.04. The zero-order valence-electron chi connectivity index (χ0n) is 14.5. The Balaban J connectivity index is 1.53. The number of ether oxygens (including phenoxy) is 2. The number of nitrogens with zero attached hydrogens (tertiary/aromatic N) is 1. The smallest absolute Gasteiger partial charge is 0.255 e. The van der Waals surface area contributed by atoms with Gasteiger partial charge >= 0.3 is 0 Å². The molecule has 0 aromatic heterocycles. The molecule has 0 spiro atoms. The Bertz CT molecular complexity index is 897. The summed E-state index contributed by atoms with van der Waals surface area (Å²) in [7, 11) is 0. The third-order valence-electron chi connectivity index (χ3n) is 4.50. The predicted octanol–water partition coefficient (Wildman–Crippen LogP) is 2.37. The third kappa shape index (κ3) is 3.70. The van der Waals surface area contributed by atoms with Gasteiger partial charge in [-0.3, -0.25) is 9.59 Å². The summed E-state index contributed by atoms with van der Waals surface area (Å²) < 4.78 is 10.5. The predicted molar refractivity (Wildman–Crippen MR) is 101 cm³/mol. The van der Waals surface area contributed by atoms with E-state index in [-0.39, 0.29) is 18.6 Å². The minimum Gasteiger partial charge on any atom is -0.454 e. The number of carbonyl (C=O) groups excluding carboxylic acids is 2. The van der Waals surface area contributed by atoms with Gasteiger partial charge in [0.1, 0.15) is 0 Å². The van der Waals surface area contributed by atoms with Crippen molar-refractivity contribution in [3.8, 4) is 11.5 Å². The van der Waals surface area contributed by atoms with Crippen molar-refractivity contribution in [3.63, 3.8) is 0 Å². The van der Waals surface area contributed by atoms with Crippen molar-refractivity contribution in [1.29, 1.82) is 0 Å². The molecule has 2 amide bonds. The van der Waals surface area contributed by atoms with Crippen LogP contribution in [-0.4, -0.2) is 49.7 Å². The molecule has 4 rings (SSSR count). The van der Waals surface area contributed by atoms with Gasteiger partial charge in [-0.25, -0.2) is 0 Å². The van der Waals surface area contributed by atoms with Crippen LogP contribution in [-0.2, 0) is 0 Å². The molecule has 2 aromatic carbocycles. The summed E-state index contributed by atoms with van der Waals surface area (Å²) in [5.41, 5.74) is 1.29. The molecule has 0 bridgehead atoms. The first kappa shape index (κ1) is 17.6. The average molecular weight is 388 g/mol. The monoisotopic (exact) mass is 387 g/mol. The molecule has 0 aliphatic carbocycles. The maximum absolute atomic E-state index is 12.7.